The number of nitrogens with one attached hydrogen (secondary N) is 1. The summed E-state index contributed by atoms with van der Waals surface area (Å²) in [6.45, 7) is 9.49. The van der Waals surface area contributed by atoms with Crippen LogP contribution in [0.25, 0.3) is 0 Å². The lowest BCUT2D eigenvalue weighted by molar-refractivity contribution is -0.148. The van der Waals surface area contributed by atoms with E-state index in [4.69, 9.17) is 14.2 Å². The van der Waals surface area contributed by atoms with E-state index in [1.807, 2.05) is 39.0 Å². The molecule has 4 heteroatoms. The van der Waals surface area contributed by atoms with E-state index in [1.165, 1.54) is 11.1 Å². The van der Waals surface area contributed by atoms with Crippen molar-refractivity contribution in [1.82, 2.24) is 0 Å². The summed E-state index contributed by atoms with van der Waals surface area (Å²) in [5.41, 5.74) is 4.09. The zero-order valence-electron chi connectivity index (χ0n) is 17.5. The molecule has 0 spiro atoms. The minimum atomic E-state index is -0.480. The van der Waals surface area contributed by atoms with Crippen molar-refractivity contribution in [2.75, 3.05) is 19.0 Å². The Morgan fingerprint density at radius 3 is 2.57 bits per heavy atom. The summed E-state index contributed by atoms with van der Waals surface area (Å²) in [7, 11) is 1.73. The summed E-state index contributed by atoms with van der Waals surface area (Å²) in [5, 5.41) is 3.50. The molecule has 0 amide bonds. The van der Waals surface area contributed by atoms with Gasteiger partial charge >= 0.3 is 0 Å². The first-order valence-corrected chi connectivity index (χ1v) is 9.82. The predicted octanol–water partition coefficient (Wildman–Crippen LogP) is 5.43. The number of allylic oxidation sites excluding steroid dienone is 1. The van der Waals surface area contributed by atoms with E-state index in [1.54, 1.807) is 7.11 Å². The molecule has 1 heterocycles. The van der Waals surface area contributed by atoms with Crippen molar-refractivity contribution in [3.05, 3.63) is 71.3 Å². The Hall–Kier alpha value is -2.30. The van der Waals surface area contributed by atoms with Gasteiger partial charge in [-0.05, 0) is 51.5 Å². The number of ether oxygens (including phenoxy) is 3. The molecule has 0 saturated heterocycles. The Bertz CT molecular complexity index is 811. The van der Waals surface area contributed by atoms with Gasteiger partial charge in [0.25, 0.3) is 0 Å². The summed E-state index contributed by atoms with van der Waals surface area (Å²) >= 11 is 0. The summed E-state index contributed by atoms with van der Waals surface area (Å²) in [6.07, 6.45) is 3.59. The highest BCUT2D eigenvalue weighted by atomic mass is 16.6. The minimum Gasteiger partial charge on any atom is -0.485 e. The van der Waals surface area contributed by atoms with Crippen LogP contribution >= 0.6 is 0 Å². The van der Waals surface area contributed by atoms with Gasteiger partial charge in [-0.2, -0.15) is 0 Å². The molecule has 150 valence electrons. The minimum absolute atomic E-state index is 0.190. The Morgan fingerprint density at radius 2 is 1.89 bits per heavy atom. The van der Waals surface area contributed by atoms with Crippen LogP contribution in [0.3, 0.4) is 0 Å². The van der Waals surface area contributed by atoms with Gasteiger partial charge in [-0.3, -0.25) is 0 Å². The van der Waals surface area contributed by atoms with Crippen LogP contribution in [0, 0.1) is 6.92 Å². The van der Waals surface area contributed by atoms with E-state index in [9.17, 15) is 0 Å². The second kappa shape index (κ2) is 8.80. The van der Waals surface area contributed by atoms with Gasteiger partial charge in [-0.1, -0.05) is 42.0 Å². The fraction of sp³-hybridized carbons (Fsp3) is 0.417. The molecule has 1 aliphatic heterocycles. The van der Waals surface area contributed by atoms with Crippen molar-refractivity contribution in [1.29, 1.82) is 0 Å². The standard InChI is InChI=1S/C24H31NO3/c1-6-7-14-27-23-22(26-5)20-15-19(12-13-21(20)28-24(23,3)4)25-16-18-10-8-17(2)9-11-18/h6-13,15,22-23,25H,14,16H2,1-5H3. The molecule has 0 saturated carbocycles. The van der Waals surface area contributed by atoms with E-state index in [0.717, 1.165) is 23.5 Å². The molecule has 0 radical (unpaired) electrons. The molecule has 3 rings (SSSR count). The molecule has 1 aliphatic rings. The largest absolute Gasteiger partial charge is 0.485 e. The molecule has 2 atom stereocenters. The van der Waals surface area contributed by atoms with Crippen LogP contribution < -0.4 is 10.1 Å². The van der Waals surface area contributed by atoms with Crippen molar-refractivity contribution < 1.29 is 14.2 Å². The van der Waals surface area contributed by atoms with Crippen molar-refractivity contribution >= 4 is 5.69 Å². The number of methoxy groups -OCH3 is 1. The molecule has 0 fully saturated rings. The fourth-order valence-corrected chi connectivity index (χ4v) is 3.55. The zero-order valence-corrected chi connectivity index (χ0v) is 17.5. The molecule has 4 nitrogen and oxygen atoms in total. The molecule has 2 aromatic rings. The van der Waals surface area contributed by atoms with Crippen molar-refractivity contribution in [2.24, 2.45) is 0 Å². The number of anilines is 1. The highest BCUT2D eigenvalue weighted by molar-refractivity contribution is 5.53. The van der Waals surface area contributed by atoms with Gasteiger partial charge in [-0.15, -0.1) is 0 Å². The smallest absolute Gasteiger partial charge is 0.132 e. The number of fused-ring (bicyclic) bond motifs is 1. The molecule has 28 heavy (non-hydrogen) atoms. The Balaban J connectivity index is 1.80. The first-order valence-electron chi connectivity index (χ1n) is 9.82. The van der Waals surface area contributed by atoms with Gasteiger partial charge in [0.15, 0.2) is 0 Å². The van der Waals surface area contributed by atoms with Crippen LogP contribution in [0.2, 0.25) is 0 Å². The maximum absolute atomic E-state index is 6.27. The van der Waals surface area contributed by atoms with Crippen molar-refractivity contribution in [2.45, 2.75) is 52.0 Å². The van der Waals surface area contributed by atoms with Gasteiger partial charge in [0.2, 0.25) is 0 Å². The van der Waals surface area contributed by atoms with Crippen LogP contribution in [0.1, 0.15) is 43.6 Å². The van der Waals surface area contributed by atoms with E-state index in [2.05, 4.69) is 48.6 Å². The third-order valence-corrected chi connectivity index (χ3v) is 5.13. The lowest BCUT2D eigenvalue weighted by Gasteiger charge is -2.43. The molecule has 0 aliphatic carbocycles. The summed E-state index contributed by atoms with van der Waals surface area (Å²) < 4.78 is 18.3. The van der Waals surface area contributed by atoms with Crippen LogP contribution in [0.5, 0.6) is 5.75 Å². The average Bonchev–Trinajstić information content (AvgIpc) is 2.67. The van der Waals surface area contributed by atoms with Crippen LogP contribution in [0.15, 0.2) is 54.6 Å². The first-order chi connectivity index (χ1) is 13.4. The van der Waals surface area contributed by atoms with Gasteiger partial charge in [-0.25, -0.2) is 0 Å². The number of hydrogen-bond acceptors (Lipinski definition) is 4. The Kier molecular flexibility index (Phi) is 6.42. The first kappa shape index (κ1) is 20.4. The zero-order chi connectivity index (χ0) is 20.1. The molecule has 0 bridgehead atoms. The normalized spacial score (nSPS) is 20.6. The van der Waals surface area contributed by atoms with Crippen molar-refractivity contribution in [3.63, 3.8) is 0 Å². The summed E-state index contributed by atoms with van der Waals surface area (Å²) in [6, 6.07) is 14.7. The number of hydrogen-bond donors (Lipinski definition) is 1. The Morgan fingerprint density at radius 1 is 1.14 bits per heavy atom. The lowest BCUT2D eigenvalue weighted by atomic mass is 9.88. The third-order valence-electron chi connectivity index (χ3n) is 5.13. The molecule has 2 unspecified atom stereocenters. The maximum atomic E-state index is 6.27. The quantitative estimate of drug-likeness (QED) is 0.650. The van der Waals surface area contributed by atoms with Gasteiger partial charge in [0, 0.05) is 24.9 Å². The second-order valence-corrected chi connectivity index (χ2v) is 7.78. The maximum Gasteiger partial charge on any atom is 0.132 e. The summed E-state index contributed by atoms with van der Waals surface area (Å²) in [5.74, 6) is 0.851. The lowest BCUT2D eigenvalue weighted by Crippen LogP contribution is -2.50. The molecular formula is C24H31NO3. The number of rotatable bonds is 7. The van der Waals surface area contributed by atoms with Gasteiger partial charge in [0.05, 0.1) is 6.61 Å². The Labute approximate surface area is 168 Å². The predicted molar refractivity (Wildman–Crippen MR) is 114 cm³/mol. The van der Waals surface area contributed by atoms with Crippen LogP contribution in [0.4, 0.5) is 5.69 Å². The van der Waals surface area contributed by atoms with E-state index in [-0.39, 0.29) is 12.2 Å². The van der Waals surface area contributed by atoms with Gasteiger partial charge < -0.3 is 19.5 Å². The molecule has 1 N–H and O–H groups in total. The second-order valence-electron chi connectivity index (χ2n) is 7.78. The van der Waals surface area contributed by atoms with Crippen LogP contribution in [-0.4, -0.2) is 25.4 Å². The molecule has 2 aromatic carbocycles. The monoisotopic (exact) mass is 381 g/mol. The highest BCUT2D eigenvalue weighted by Crippen LogP contribution is 2.44. The SMILES string of the molecule is CC=CCOC1C(OC)c2cc(NCc3ccc(C)cc3)ccc2OC1(C)C. The van der Waals surface area contributed by atoms with E-state index < -0.39 is 5.60 Å². The van der Waals surface area contributed by atoms with Gasteiger partial charge in [0.1, 0.15) is 23.6 Å². The average molecular weight is 382 g/mol. The highest BCUT2D eigenvalue weighted by Gasteiger charge is 2.45. The van der Waals surface area contributed by atoms with Crippen LogP contribution in [-0.2, 0) is 16.0 Å². The third kappa shape index (κ3) is 4.57. The molecular weight excluding hydrogens is 350 g/mol. The van der Waals surface area contributed by atoms with E-state index in [0.29, 0.717) is 6.61 Å². The summed E-state index contributed by atoms with van der Waals surface area (Å²) in [4.78, 5) is 0. The number of aryl methyl sites for hydroxylation is 1. The fourth-order valence-electron chi connectivity index (χ4n) is 3.55. The topological polar surface area (TPSA) is 39.7 Å². The van der Waals surface area contributed by atoms with E-state index >= 15 is 0 Å². The molecule has 0 aromatic heterocycles. The van der Waals surface area contributed by atoms with Crippen molar-refractivity contribution in [3.8, 4) is 5.75 Å². The number of benzene rings is 2.